The predicted octanol–water partition coefficient (Wildman–Crippen LogP) is 2.16. The third-order valence-electron chi connectivity index (χ3n) is 3.39. The van der Waals surface area contributed by atoms with E-state index < -0.39 is 6.10 Å². The third-order valence-corrected chi connectivity index (χ3v) is 3.39. The van der Waals surface area contributed by atoms with Crippen LogP contribution in [0.3, 0.4) is 0 Å². The zero-order chi connectivity index (χ0) is 13.1. The lowest BCUT2D eigenvalue weighted by Crippen LogP contribution is -2.13. The molecule has 2 rings (SSSR count). The molecule has 4 nitrogen and oxygen atoms in total. The molecule has 1 aliphatic heterocycles. The maximum absolute atomic E-state index is 10.4. The second-order valence-corrected chi connectivity index (χ2v) is 4.73. The number of ether oxygens (including phenoxy) is 3. The van der Waals surface area contributed by atoms with E-state index in [-0.39, 0.29) is 12.0 Å². The lowest BCUT2D eigenvalue weighted by atomic mass is 9.93. The number of benzene rings is 1. The van der Waals surface area contributed by atoms with Crippen molar-refractivity contribution in [3.63, 3.8) is 0 Å². The Labute approximate surface area is 107 Å². The van der Waals surface area contributed by atoms with Crippen molar-refractivity contribution in [2.24, 2.45) is 5.92 Å². The molecule has 0 radical (unpaired) electrons. The number of rotatable bonds is 4. The molecule has 100 valence electrons. The Morgan fingerprint density at radius 1 is 1.22 bits per heavy atom. The van der Waals surface area contributed by atoms with Crippen molar-refractivity contribution in [3.05, 3.63) is 23.8 Å². The van der Waals surface area contributed by atoms with Crippen molar-refractivity contribution in [2.75, 3.05) is 20.8 Å². The van der Waals surface area contributed by atoms with Crippen LogP contribution >= 0.6 is 0 Å². The molecule has 1 N–H and O–H groups in total. The number of hydrogen-bond donors (Lipinski definition) is 1. The number of aliphatic hydroxyl groups excluding tert-OH is 1. The van der Waals surface area contributed by atoms with Gasteiger partial charge in [-0.25, -0.2) is 0 Å². The van der Waals surface area contributed by atoms with Gasteiger partial charge in [0.05, 0.1) is 33.0 Å². The van der Waals surface area contributed by atoms with Gasteiger partial charge in [-0.3, -0.25) is 0 Å². The Hall–Kier alpha value is -1.26. The van der Waals surface area contributed by atoms with Crippen molar-refractivity contribution < 1.29 is 19.3 Å². The number of methoxy groups -OCH3 is 2. The molecular formula is C14H20O4. The van der Waals surface area contributed by atoms with Crippen molar-refractivity contribution >= 4 is 0 Å². The minimum atomic E-state index is -0.543. The average molecular weight is 252 g/mol. The van der Waals surface area contributed by atoms with Gasteiger partial charge in [0.2, 0.25) is 0 Å². The van der Waals surface area contributed by atoms with Gasteiger partial charge >= 0.3 is 0 Å². The SMILES string of the molecule is COc1cc(OC)cc(C(O)C2COC(C)C2)c1. The summed E-state index contributed by atoms with van der Waals surface area (Å²) in [4.78, 5) is 0. The average Bonchev–Trinajstić information content (AvgIpc) is 2.83. The summed E-state index contributed by atoms with van der Waals surface area (Å²) in [5, 5.41) is 10.4. The molecule has 1 fully saturated rings. The first-order valence-electron chi connectivity index (χ1n) is 6.16. The second kappa shape index (κ2) is 5.59. The molecule has 3 atom stereocenters. The lowest BCUT2D eigenvalue weighted by Gasteiger charge is -2.18. The monoisotopic (exact) mass is 252 g/mol. The van der Waals surface area contributed by atoms with E-state index in [1.165, 1.54) is 0 Å². The second-order valence-electron chi connectivity index (χ2n) is 4.73. The topological polar surface area (TPSA) is 47.9 Å². The van der Waals surface area contributed by atoms with Crippen molar-refractivity contribution in [1.82, 2.24) is 0 Å². The Morgan fingerprint density at radius 2 is 1.83 bits per heavy atom. The zero-order valence-corrected chi connectivity index (χ0v) is 11.1. The first kappa shape index (κ1) is 13.2. The van der Waals surface area contributed by atoms with E-state index in [2.05, 4.69) is 0 Å². The molecule has 0 aliphatic carbocycles. The summed E-state index contributed by atoms with van der Waals surface area (Å²) in [6.45, 7) is 2.63. The Kier molecular flexibility index (Phi) is 4.09. The van der Waals surface area contributed by atoms with Crippen LogP contribution in [0.15, 0.2) is 18.2 Å². The van der Waals surface area contributed by atoms with Crippen LogP contribution in [-0.4, -0.2) is 32.0 Å². The predicted molar refractivity (Wildman–Crippen MR) is 68.0 cm³/mol. The lowest BCUT2D eigenvalue weighted by molar-refractivity contribution is 0.0801. The van der Waals surface area contributed by atoms with Crippen LogP contribution in [0, 0.1) is 5.92 Å². The Morgan fingerprint density at radius 3 is 2.28 bits per heavy atom. The molecule has 18 heavy (non-hydrogen) atoms. The van der Waals surface area contributed by atoms with Crippen LogP contribution in [0.1, 0.15) is 25.0 Å². The van der Waals surface area contributed by atoms with Gasteiger partial charge < -0.3 is 19.3 Å². The largest absolute Gasteiger partial charge is 0.497 e. The molecule has 1 aromatic carbocycles. The fourth-order valence-corrected chi connectivity index (χ4v) is 2.34. The third kappa shape index (κ3) is 2.76. The summed E-state index contributed by atoms with van der Waals surface area (Å²) in [6, 6.07) is 5.48. The maximum Gasteiger partial charge on any atom is 0.122 e. The summed E-state index contributed by atoms with van der Waals surface area (Å²) in [5.74, 6) is 1.52. The fourth-order valence-electron chi connectivity index (χ4n) is 2.34. The molecule has 1 saturated heterocycles. The molecule has 1 aromatic rings. The Bertz CT molecular complexity index is 383. The maximum atomic E-state index is 10.4. The van der Waals surface area contributed by atoms with Crippen LogP contribution in [0.25, 0.3) is 0 Å². The first-order valence-corrected chi connectivity index (χ1v) is 6.16. The van der Waals surface area contributed by atoms with Crippen LogP contribution in [0.5, 0.6) is 11.5 Å². The van der Waals surface area contributed by atoms with Crippen LogP contribution in [0.4, 0.5) is 0 Å². The van der Waals surface area contributed by atoms with Crippen LogP contribution in [-0.2, 0) is 4.74 Å². The van der Waals surface area contributed by atoms with E-state index >= 15 is 0 Å². The first-order chi connectivity index (χ1) is 8.63. The molecule has 0 amide bonds. The zero-order valence-electron chi connectivity index (χ0n) is 11.1. The van der Waals surface area contributed by atoms with Crippen molar-refractivity contribution in [3.8, 4) is 11.5 Å². The van der Waals surface area contributed by atoms with E-state index in [4.69, 9.17) is 14.2 Å². The molecule has 1 aliphatic rings. The highest BCUT2D eigenvalue weighted by atomic mass is 16.5. The van der Waals surface area contributed by atoms with E-state index in [1.807, 2.05) is 19.1 Å². The molecule has 3 unspecified atom stereocenters. The van der Waals surface area contributed by atoms with Crippen LogP contribution < -0.4 is 9.47 Å². The van der Waals surface area contributed by atoms with Gasteiger partial charge in [-0.05, 0) is 31.0 Å². The minimum absolute atomic E-state index is 0.136. The highest BCUT2D eigenvalue weighted by Gasteiger charge is 2.29. The van der Waals surface area contributed by atoms with Crippen LogP contribution in [0.2, 0.25) is 0 Å². The van der Waals surface area contributed by atoms with Gasteiger partial charge in [0.25, 0.3) is 0 Å². The highest BCUT2D eigenvalue weighted by molar-refractivity contribution is 5.39. The number of hydrogen-bond acceptors (Lipinski definition) is 4. The fraction of sp³-hybridized carbons (Fsp3) is 0.571. The molecule has 0 bridgehead atoms. The summed E-state index contributed by atoms with van der Waals surface area (Å²) in [7, 11) is 3.21. The van der Waals surface area contributed by atoms with E-state index in [1.54, 1.807) is 20.3 Å². The van der Waals surface area contributed by atoms with E-state index in [0.29, 0.717) is 18.1 Å². The van der Waals surface area contributed by atoms with Gasteiger partial charge in [0.1, 0.15) is 11.5 Å². The van der Waals surface area contributed by atoms with E-state index in [9.17, 15) is 5.11 Å². The van der Waals surface area contributed by atoms with Gasteiger partial charge in [-0.2, -0.15) is 0 Å². The van der Waals surface area contributed by atoms with Crippen molar-refractivity contribution in [2.45, 2.75) is 25.6 Å². The quantitative estimate of drug-likeness (QED) is 0.892. The minimum Gasteiger partial charge on any atom is -0.497 e. The normalized spacial score (nSPS) is 24.9. The Balaban J connectivity index is 2.20. The highest BCUT2D eigenvalue weighted by Crippen LogP contribution is 2.34. The summed E-state index contributed by atoms with van der Waals surface area (Å²) < 4.78 is 15.9. The van der Waals surface area contributed by atoms with Gasteiger partial charge in [-0.1, -0.05) is 0 Å². The molecule has 4 heteroatoms. The standard InChI is InChI=1S/C14H20O4/c1-9-4-11(8-18-9)14(15)10-5-12(16-2)7-13(6-10)17-3/h5-7,9,11,14-15H,4,8H2,1-3H3. The van der Waals surface area contributed by atoms with Gasteiger partial charge in [-0.15, -0.1) is 0 Å². The molecule has 1 heterocycles. The van der Waals surface area contributed by atoms with Gasteiger partial charge in [0, 0.05) is 12.0 Å². The molecule has 0 aromatic heterocycles. The van der Waals surface area contributed by atoms with Crippen molar-refractivity contribution in [1.29, 1.82) is 0 Å². The molecule has 0 saturated carbocycles. The molecule has 0 spiro atoms. The smallest absolute Gasteiger partial charge is 0.122 e. The number of aliphatic hydroxyl groups is 1. The summed E-state index contributed by atoms with van der Waals surface area (Å²) in [6.07, 6.45) is 0.553. The summed E-state index contributed by atoms with van der Waals surface area (Å²) >= 11 is 0. The molecular weight excluding hydrogens is 232 g/mol. The van der Waals surface area contributed by atoms with Gasteiger partial charge in [0.15, 0.2) is 0 Å². The summed E-state index contributed by atoms with van der Waals surface area (Å²) in [5.41, 5.74) is 0.814. The van der Waals surface area contributed by atoms with E-state index in [0.717, 1.165) is 12.0 Å².